The van der Waals surface area contributed by atoms with Crippen LogP contribution < -0.4 is 5.32 Å². The van der Waals surface area contributed by atoms with Gasteiger partial charge in [0.1, 0.15) is 0 Å². The van der Waals surface area contributed by atoms with E-state index in [1.54, 1.807) is 20.8 Å². The van der Waals surface area contributed by atoms with Crippen molar-refractivity contribution in [3.8, 4) is 0 Å². The first-order chi connectivity index (χ1) is 10.3. The van der Waals surface area contributed by atoms with Crippen molar-refractivity contribution in [2.45, 2.75) is 65.4 Å². The van der Waals surface area contributed by atoms with Gasteiger partial charge in [-0.15, -0.1) is 0 Å². The number of hydrogen-bond acceptors (Lipinski definition) is 4. The van der Waals surface area contributed by atoms with Crippen molar-refractivity contribution in [3.05, 3.63) is 0 Å². The summed E-state index contributed by atoms with van der Waals surface area (Å²) in [5.41, 5.74) is -0.394. The summed E-state index contributed by atoms with van der Waals surface area (Å²) < 4.78 is 5.07. The van der Waals surface area contributed by atoms with Crippen molar-refractivity contribution in [3.63, 3.8) is 0 Å². The number of carboxylic acid groups (broad SMARTS) is 1. The third-order valence-corrected chi connectivity index (χ3v) is 4.30. The number of carbonyl (C=O) groups is 3. The van der Waals surface area contributed by atoms with E-state index in [0.29, 0.717) is 0 Å². The van der Waals surface area contributed by atoms with Gasteiger partial charge in [0.05, 0.1) is 6.42 Å². The Morgan fingerprint density at radius 2 is 1.73 bits per heavy atom. The number of ether oxygens (including phenoxy) is 1. The first-order valence-corrected chi connectivity index (χ1v) is 7.96. The molecule has 1 atom stereocenters. The number of Topliss-reactive ketones (excluding diaryl/α,β-unsaturated/α-hetero) is 1. The highest BCUT2D eigenvalue weighted by Gasteiger charge is 2.35. The molecule has 2 N–H and O–H groups in total. The van der Waals surface area contributed by atoms with Gasteiger partial charge >= 0.3 is 12.1 Å². The molecular weight excluding hydrogens is 286 g/mol. The van der Waals surface area contributed by atoms with Crippen LogP contribution in [0.1, 0.15) is 59.3 Å². The van der Waals surface area contributed by atoms with Gasteiger partial charge in [0.15, 0.2) is 11.9 Å². The van der Waals surface area contributed by atoms with Gasteiger partial charge in [-0.25, -0.2) is 4.79 Å². The summed E-state index contributed by atoms with van der Waals surface area (Å²) in [4.78, 5) is 34.6. The molecule has 0 bridgehead atoms. The van der Waals surface area contributed by atoms with Crippen molar-refractivity contribution in [1.82, 2.24) is 5.32 Å². The second kappa shape index (κ2) is 8.15. The molecule has 6 heteroatoms. The van der Waals surface area contributed by atoms with Gasteiger partial charge in [0.2, 0.25) is 0 Å². The van der Waals surface area contributed by atoms with Gasteiger partial charge in [0, 0.05) is 12.5 Å². The van der Waals surface area contributed by atoms with Crippen LogP contribution in [0, 0.1) is 11.3 Å². The zero-order valence-corrected chi connectivity index (χ0v) is 13.7. The highest BCUT2D eigenvalue weighted by molar-refractivity contribution is 5.86. The minimum Gasteiger partial charge on any atom is -0.481 e. The summed E-state index contributed by atoms with van der Waals surface area (Å²) in [7, 11) is 0. The molecule has 1 fully saturated rings. The Morgan fingerprint density at radius 3 is 2.23 bits per heavy atom. The lowest BCUT2D eigenvalue weighted by atomic mass is 9.72. The predicted molar refractivity (Wildman–Crippen MR) is 81.6 cm³/mol. The van der Waals surface area contributed by atoms with Crippen molar-refractivity contribution < 1.29 is 24.2 Å². The molecular formula is C16H27NO5. The van der Waals surface area contributed by atoms with Crippen LogP contribution in [0.3, 0.4) is 0 Å². The average Bonchev–Trinajstić information content (AvgIpc) is 2.44. The Labute approximate surface area is 131 Å². The molecule has 0 spiro atoms. The Morgan fingerprint density at radius 1 is 1.14 bits per heavy atom. The van der Waals surface area contributed by atoms with E-state index in [1.165, 1.54) is 0 Å². The summed E-state index contributed by atoms with van der Waals surface area (Å²) in [6.07, 6.45) is 3.25. The van der Waals surface area contributed by atoms with Crippen LogP contribution in [0.25, 0.3) is 0 Å². The third kappa shape index (κ3) is 5.66. The molecule has 0 radical (unpaired) electrons. The zero-order valence-electron chi connectivity index (χ0n) is 13.7. The molecule has 0 saturated heterocycles. The van der Waals surface area contributed by atoms with E-state index < -0.39 is 23.6 Å². The Bertz CT molecular complexity index is 413. The van der Waals surface area contributed by atoms with Gasteiger partial charge in [0.25, 0.3) is 0 Å². The van der Waals surface area contributed by atoms with Crippen LogP contribution in [0.5, 0.6) is 0 Å². The van der Waals surface area contributed by atoms with Crippen molar-refractivity contribution in [1.29, 1.82) is 0 Å². The van der Waals surface area contributed by atoms with Gasteiger partial charge in [-0.05, 0) is 25.2 Å². The first-order valence-electron chi connectivity index (χ1n) is 7.96. The van der Waals surface area contributed by atoms with Gasteiger partial charge < -0.3 is 15.2 Å². The Hall–Kier alpha value is -1.59. The van der Waals surface area contributed by atoms with Crippen LogP contribution in [0.4, 0.5) is 4.79 Å². The summed E-state index contributed by atoms with van der Waals surface area (Å²) in [6, 6.07) is 0. The number of alkyl carbamates (subject to hydrolysis) is 1. The number of ketones is 1. The first kappa shape index (κ1) is 18.5. The Balaban J connectivity index is 2.52. The lowest BCUT2D eigenvalue weighted by Gasteiger charge is -2.36. The molecule has 1 rings (SSSR count). The van der Waals surface area contributed by atoms with Crippen molar-refractivity contribution in [2.75, 3.05) is 6.54 Å². The highest BCUT2D eigenvalue weighted by atomic mass is 16.6. The SMILES string of the molecule is CC(C)C(=O)[C@@H](C)OC(=O)NCC1(CC(=O)O)CCCCC1. The number of amides is 1. The van der Waals surface area contributed by atoms with Crippen LogP contribution in [-0.2, 0) is 14.3 Å². The molecule has 0 heterocycles. The van der Waals surface area contributed by atoms with Crippen molar-refractivity contribution in [2.24, 2.45) is 11.3 Å². The summed E-state index contributed by atoms with van der Waals surface area (Å²) in [5.74, 6) is -1.17. The number of hydrogen-bond donors (Lipinski definition) is 2. The molecule has 1 saturated carbocycles. The second-order valence-electron chi connectivity index (χ2n) is 6.59. The number of carboxylic acids is 1. The van der Waals surface area contributed by atoms with Crippen LogP contribution in [-0.4, -0.2) is 35.6 Å². The maximum atomic E-state index is 11.8. The number of carbonyl (C=O) groups excluding carboxylic acids is 2. The molecule has 0 unspecified atom stereocenters. The van der Waals surface area contributed by atoms with Gasteiger partial charge in [-0.3, -0.25) is 9.59 Å². The van der Waals surface area contributed by atoms with Gasteiger partial charge in [-0.2, -0.15) is 0 Å². The van der Waals surface area contributed by atoms with Crippen molar-refractivity contribution >= 4 is 17.8 Å². The molecule has 0 aromatic heterocycles. The van der Waals surface area contributed by atoms with E-state index in [4.69, 9.17) is 9.84 Å². The molecule has 1 aliphatic rings. The van der Waals surface area contributed by atoms with E-state index in [-0.39, 0.29) is 24.7 Å². The fourth-order valence-electron chi connectivity index (χ4n) is 3.03. The molecule has 0 aromatic rings. The van der Waals surface area contributed by atoms with E-state index in [1.807, 2.05) is 0 Å². The molecule has 126 valence electrons. The van der Waals surface area contributed by atoms with E-state index in [2.05, 4.69) is 5.32 Å². The maximum absolute atomic E-state index is 11.8. The molecule has 1 aliphatic carbocycles. The fraction of sp³-hybridized carbons (Fsp3) is 0.812. The fourth-order valence-corrected chi connectivity index (χ4v) is 3.03. The number of nitrogens with one attached hydrogen (secondary N) is 1. The molecule has 22 heavy (non-hydrogen) atoms. The minimum absolute atomic E-state index is 0.0494. The minimum atomic E-state index is -0.847. The molecule has 1 amide bonds. The van der Waals surface area contributed by atoms with Crippen LogP contribution in [0.2, 0.25) is 0 Å². The standard InChI is InChI=1S/C16H27NO5/c1-11(2)14(20)12(3)22-15(21)17-10-16(9-13(18)19)7-5-4-6-8-16/h11-12H,4-10H2,1-3H3,(H,17,21)(H,18,19)/t12-/m1/s1. The maximum Gasteiger partial charge on any atom is 0.407 e. The van der Waals surface area contributed by atoms with E-state index in [0.717, 1.165) is 32.1 Å². The molecule has 0 aliphatic heterocycles. The van der Waals surface area contributed by atoms with E-state index in [9.17, 15) is 14.4 Å². The number of rotatable bonds is 7. The lowest BCUT2D eigenvalue weighted by Crippen LogP contribution is -2.42. The highest BCUT2D eigenvalue weighted by Crippen LogP contribution is 2.38. The smallest absolute Gasteiger partial charge is 0.407 e. The van der Waals surface area contributed by atoms with Crippen LogP contribution in [0.15, 0.2) is 0 Å². The summed E-state index contributed by atoms with van der Waals surface area (Å²) in [6.45, 7) is 5.34. The molecule has 6 nitrogen and oxygen atoms in total. The Kier molecular flexibility index (Phi) is 6.84. The van der Waals surface area contributed by atoms with E-state index >= 15 is 0 Å². The normalized spacial score (nSPS) is 18.5. The summed E-state index contributed by atoms with van der Waals surface area (Å²) in [5, 5.41) is 11.7. The second-order valence-corrected chi connectivity index (χ2v) is 6.59. The number of aliphatic carboxylic acids is 1. The average molecular weight is 313 g/mol. The third-order valence-electron chi connectivity index (χ3n) is 4.30. The van der Waals surface area contributed by atoms with Crippen LogP contribution >= 0.6 is 0 Å². The topological polar surface area (TPSA) is 92.7 Å². The largest absolute Gasteiger partial charge is 0.481 e. The predicted octanol–water partition coefficient (Wildman–Crippen LogP) is 2.75. The zero-order chi connectivity index (χ0) is 16.8. The van der Waals surface area contributed by atoms with Gasteiger partial charge in [-0.1, -0.05) is 33.1 Å². The quantitative estimate of drug-likeness (QED) is 0.754. The molecule has 0 aromatic carbocycles. The lowest BCUT2D eigenvalue weighted by molar-refractivity contribution is -0.140. The monoisotopic (exact) mass is 313 g/mol. The summed E-state index contributed by atoms with van der Waals surface area (Å²) >= 11 is 0.